The van der Waals surface area contributed by atoms with Gasteiger partial charge in [-0.1, -0.05) is 18.2 Å². The molecular formula is C15H18F3NO3. The van der Waals surface area contributed by atoms with Gasteiger partial charge in [0.25, 0.3) is 0 Å². The van der Waals surface area contributed by atoms with Gasteiger partial charge >= 0.3 is 12.5 Å². The summed E-state index contributed by atoms with van der Waals surface area (Å²) in [7, 11) is 0. The topological polar surface area (TPSA) is 38.8 Å². The predicted molar refractivity (Wildman–Crippen MR) is 74.4 cm³/mol. The van der Waals surface area contributed by atoms with Gasteiger partial charge in [-0.2, -0.15) is 0 Å². The van der Waals surface area contributed by atoms with E-state index >= 15 is 0 Å². The fourth-order valence-electron chi connectivity index (χ4n) is 2.31. The van der Waals surface area contributed by atoms with Crippen LogP contribution < -0.4 is 4.90 Å². The molecule has 1 heterocycles. The molecule has 1 atom stereocenters. The molecule has 1 unspecified atom stereocenters. The van der Waals surface area contributed by atoms with Crippen LogP contribution in [0, 0.1) is 0 Å². The smallest absolute Gasteiger partial charge is 0.443 e. The van der Waals surface area contributed by atoms with Gasteiger partial charge in [0.1, 0.15) is 11.8 Å². The standard InChI is InChI=1S/C15H18F3NO3/c1-14(2,3)22-13(20)19-11-7-5-4-6-10(11)8-9-12(19)21-15(16,17)18/h4-7,12H,8-9H2,1-3H3. The number of rotatable bonds is 1. The number of amides is 1. The Kier molecular flexibility index (Phi) is 4.37. The number of alkyl halides is 3. The van der Waals surface area contributed by atoms with Gasteiger partial charge in [-0.15, -0.1) is 13.2 Å². The molecule has 4 nitrogen and oxygen atoms in total. The molecule has 1 aliphatic rings. The first-order valence-corrected chi connectivity index (χ1v) is 6.91. The summed E-state index contributed by atoms with van der Waals surface area (Å²) in [6.07, 6.45) is -6.65. The van der Waals surface area contributed by atoms with E-state index in [1.54, 1.807) is 45.0 Å². The van der Waals surface area contributed by atoms with Crippen LogP contribution in [-0.2, 0) is 15.9 Å². The molecule has 1 aromatic carbocycles. The van der Waals surface area contributed by atoms with Crippen molar-refractivity contribution in [2.45, 2.75) is 51.8 Å². The minimum absolute atomic E-state index is 0.0514. The van der Waals surface area contributed by atoms with Gasteiger partial charge in [0.2, 0.25) is 0 Å². The first-order valence-electron chi connectivity index (χ1n) is 6.91. The van der Waals surface area contributed by atoms with Gasteiger partial charge in [0.05, 0.1) is 5.69 Å². The summed E-state index contributed by atoms with van der Waals surface area (Å²) in [5.41, 5.74) is 0.360. The van der Waals surface area contributed by atoms with Crippen molar-refractivity contribution >= 4 is 11.8 Å². The lowest BCUT2D eigenvalue weighted by molar-refractivity contribution is -0.342. The number of nitrogens with zero attached hydrogens (tertiary/aromatic N) is 1. The molecule has 1 aliphatic heterocycles. The van der Waals surface area contributed by atoms with Gasteiger partial charge in [-0.25, -0.2) is 4.79 Å². The molecule has 22 heavy (non-hydrogen) atoms. The van der Waals surface area contributed by atoms with Gasteiger partial charge in [0.15, 0.2) is 0 Å². The van der Waals surface area contributed by atoms with Crippen LogP contribution in [0.1, 0.15) is 32.8 Å². The zero-order valence-electron chi connectivity index (χ0n) is 12.6. The SMILES string of the molecule is CC(C)(C)OC(=O)N1c2ccccc2CCC1OC(F)(F)F. The summed E-state index contributed by atoms with van der Waals surface area (Å²) in [6, 6.07) is 6.80. The largest absolute Gasteiger partial charge is 0.524 e. The minimum atomic E-state index is -4.82. The van der Waals surface area contributed by atoms with E-state index in [2.05, 4.69) is 4.74 Å². The Bertz CT molecular complexity index is 552. The summed E-state index contributed by atoms with van der Waals surface area (Å²) >= 11 is 0. The van der Waals surface area contributed by atoms with Crippen LogP contribution in [0.2, 0.25) is 0 Å². The van der Waals surface area contributed by atoms with E-state index in [9.17, 15) is 18.0 Å². The Morgan fingerprint density at radius 1 is 1.23 bits per heavy atom. The van der Waals surface area contributed by atoms with Crippen molar-refractivity contribution in [3.8, 4) is 0 Å². The number of para-hydroxylation sites is 1. The quantitative estimate of drug-likeness (QED) is 0.778. The maximum absolute atomic E-state index is 12.6. The van der Waals surface area contributed by atoms with Crippen LogP contribution in [0.3, 0.4) is 0 Å². The van der Waals surface area contributed by atoms with E-state index in [-0.39, 0.29) is 6.42 Å². The average Bonchev–Trinajstić information content (AvgIpc) is 2.34. The lowest BCUT2D eigenvalue weighted by atomic mass is 10.0. The zero-order chi connectivity index (χ0) is 16.5. The Morgan fingerprint density at radius 3 is 2.45 bits per heavy atom. The number of anilines is 1. The van der Waals surface area contributed by atoms with Crippen LogP contribution in [0.5, 0.6) is 0 Å². The molecule has 0 saturated heterocycles. The molecule has 0 fully saturated rings. The zero-order valence-corrected chi connectivity index (χ0v) is 12.6. The van der Waals surface area contributed by atoms with Crippen LogP contribution in [0.25, 0.3) is 0 Å². The number of carbonyl (C=O) groups excluding carboxylic acids is 1. The molecule has 0 spiro atoms. The molecule has 7 heteroatoms. The summed E-state index contributed by atoms with van der Waals surface area (Å²) in [4.78, 5) is 13.3. The monoisotopic (exact) mass is 317 g/mol. The van der Waals surface area contributed by atoms with Gasteiger partial charge in [-0.3, -0.25) is 9.64 Å². The van der Waals surface area contributed by atoms with Crippen molar-refractivity contribution in [1.82, 2.24) is 0 Å². The molecule has 0 N–H and O–H groups in total. The third-order valence-electron chi connectivity index (χ3n) is 3.06. The second-order valence-corrected chi connectivity index (χ2v) is 6.04. The molecule has 0 aromatic heterocycles. The lowest BCUT2D eigenvalue weighted by Gasteiger charge is -2.37. The molecule has 122 valence electrons. The van der Waals surface area contributed by atoms with Gasteiger partial charge in [0, 0.05) is 0 Å². The maximum atomic E-state index is 12.6. The fourth-order valence-corrected chi connectivity index (χ4v) is 2.31. The molecule has 0 aliphatic carbocycles. The third-order valence-corrected chi connectivity index (χ3v) is 3.06. The van der Waals surface area contributed by atoms with Gasteiger partial charge < -0.3 is 4.74 Å². The fraction of sp³-hybridized carbons (Fsp3) is 0.533. The van der Waals surface area contributed by atoms with E-state index in [0.29, 0.717) is 12.1 Å². The summed E-state index contributed by atoms with van der Waals surface area (Å²) < 4.78 is 47.1. The number of benzene rings is 1. The predicted octanol–water partition coefficient (Wildman–Crippen LogP) is 4.24. The Hall–Kier alpha value is -1.76. The van der Waals surface area contributed by atoms with Crippen molar-refractivity contribution in [3.63, 3.8) is 0 Å². The van der Waals surface area contributed by atoms with Crippen LogP contribution in [0.15, 0.2) is 24.3 Å². The van der Waals surface area contributed by atoms with E-state index in [0.717, 1.165) is 10.5 Å². The number of aryl methyl sites for hydroxylation is 1. The highest BCUT2D eigenvalue weighted by molar-refractivity contribution is 5.90. The van der Waals surface area contributed by atoms with Crippen molar-refractivity contribution < 1.29 is 27.4 Å². The Labute approximate surface area is 126 Å². The molecular weight excluding hydrogens is 299 g/mol. The van der Waals surface area contributed by atoms with Crippen molar-refractivity contribution in [2.75, 3.05) is 4.90 Å². The minimum Gasteiger partial charge on any atom is -0.443 e. The average molecular weight is 317 g/mol. The number of hydrogen-bond donors (Lipinski definition) is 0. The number of carbonyl (C=O) groups is 1. The van der Waals surface area contributed by atoms with Crippen molar-refractivity contribution in [3.05, 3.63) is 29.8 Å². The molecule has 1 amide bonds. The second-order valence-electron chi connectivity index (χ2n) is 6.04. The second kappa shape index (κ2) is 5.79. The Morgan fingerprint density at radius 2 is 1.86 bits per heavy atom. The van der Waals surface area contributed by atoms with Crippen molar-refractivity contribution in [2.24, 2.45) is 0 Å². The molecule has 0 saturated carbocycles. The normalized spacial score (nSPS) is 18.8. The lowest BCUT2D eigenvalue weighted by Crippen LogP contribution is -2.49. The summed E-state index contributed by atoms with van der Waals surface area (Å²) in [5, 5.41) is 0. The highest BCUT2D eigenvalue weighted by Gasteiger charge is 2.41. The molecule has 0 bridgehead atoms. The molecule has 2 rings (SSSR count). The van der Waals surface area contributed by atoms with E-state index in [1.165, 1.54) is 0 Å². The number of fused-ring (bicyclic) bond motifs is 1. The van der Waals surface area contributed by atoms with E-state index < -0.39 is 24.3 Å². The highest BCUT2D eigenvalue weighted by Crippen LogP contribution is 2.35. The van der Waals surface area contributed by atoms with Crippen LogP contribution >= 0.6 is 0 Å². The molecule has 1 aromatic rings. The first kappa shape index (κ1) is 16.6. The number of ether oxygens (including phenoxy) is 2. The van der Waals surface area contributed by atoms with Crippen molar-refractivity contribution in [1.29, 1.82) is 0 Å². The van der Waals surface area contributed by atoms with E-state index in [1.807, 2.05) is 0 Å². The van der Waals surface area contributed by atoms with Crippen LogP contribution in [-0.4, -0.2) is 24.3 Å². The Balaban J connectivity index is 2.34. The highest BCUT2D eigenvalue weighted by atomic mass is 19.4. The summed E-state index contributed by atoms with van der Waals surface area (Å²) in [6.45, 7) is 4.96. The molecule has 0 radical (unpaired) electrons. The van der Waals surface area contributed by atoms with E-state index in [4.69, 9.17) is 4.74 Å². The number of hydrogen-bond acceptors (Lipinski definition) is 3. The van der Waals surface area contributed by atoms with Gasteiger partial charge in [-0.05, 0) is 45.2 Å². The maximum Gasteiger partial charge on any atom is 0.524 e. The number of halogens is 3. The summed E-state index contributed by atoms with van der Waals surface area (Å²) in [5.74, 6) is 0. The third kappa shape index (κ3) is 4.13. The first-order chi connectivity index (χ1) is 10.1. The van der Waals surface area contributed by atoms with Crippen LogP contribution in [0.4, 0.5) is 23.7 Å².